The van der Waals surface area contributed by atoms with Gasteiger partial charge in [-0.3, -0.25) is 9.59 Å². The van der Waals surface area contributed by atoms with Gasteiger partial charge in [-0.1, -0.05) is 74.2 Å². The summed E-state index contributed by atoms with van der Waals surface area (Å²) in [5, 5.41) is 25.7. The molecule has 0 saturated heterocycles. The summed E-state index contributed by atoms with van der Waals surface area (Å²) in [7, 11) is 0. The van der Waals surface area contributed by atoms with E-state index in [-0.39, 0.29) is 0 Å². The van der Waals surface area contributed by atoms with E-state index >= 15 is 0 Å². The van der Waals surface area contributed by atoms with Crippen LogP contribution < -0.4 is 10.6 Å². The summed E-state index contributed by atoms with van der Waals surface area (Å²) < 4.78 is 0. The van der Waals surface area contributed by atoms with Crippen LogP contribution in [0.25, 0.3) is 0 Å². The third-order valence-electron chi connectivity index (χ3n) is 7.09. The molecule has 36 heavy (non-hydrogen) atoms. The van der Waals surface area contributed by atoms with Crippen LogP contribution in [0, 0.1) is 0 Å². The highest BCUT2D eigenvalue weighted by molar-refractivity contribution is 5.74. The average Bonchev–Trinajstić information content (AvgIpc) is 2.87. The molecule has 6 nitrogen and oxygen atoms in total. The van der Waals surface area contributed by atoms with Crippen molar-refractivity contribution in [2.75, 3.05) is 13.1 Å². The Hall–Kier alpha value is -2.70. The number of aryl methyl sites for hydroxylation is 2. The van der Waals surface area contributed by atoms with Crippen LogP contribution in [0.4, 0.5) is 0 Å². The molecule has 4 N–H and O–H groups in total. The number of hydrogen-bond donors (Lipinski definition) is 4. The molecule has 0 aliphatic carbocycles. The molecular weight excluding hydrogens is 452 g/mol. The van der Waals surface area contributed by atoms with Gasteiger partial charge in [0.15, 0.2) is 0 Å². The Morgan fingerprint density at radius 3 is 1.22 bits per heavy atom. The summed E-state index contributed by atoms with van der Waals surface area (Å²) in [6, 6.07) is 15.6. The Bertz CT molecular complexity index is 849. The molecule has 4 aliphatic heterocycles. The number of carboxylic acid groups (broad SMARTS) is 2. The van der Waals surface area contributed by atoms with E-state index in [9.17, 15) is 19.8 Å². The molecule has 6 heteroatoms. The molecule has 4 bridgehead atoms. The molecule has 0 aromatic heterocycles. The second-order valence-electron chi connectivity index (χ2n) is 10.1. The predicted octanol–water partition coefficient (Wildman–Crippen LogP) is 4.78. The van der Waals surface area contributed by atoms with Crippen LogP contribution in [0.3, 0.4) is 0 Å². The molecule has 0 fully saturated rings. The molecular formula is C30H42N2O4. The van der Waals surface area contributed by atoms with Crippen molar-refractivity contribution in [1.82, 2.24) is 10.6 Å². The highest BCUT2D eigenvalue weighted by Gasteiger charge is 2.18. The summed E-state index contributed by atoms with van der Waals surface area (Å²) in [5.74, 6) is -1.58. The fourth-order valence-electron chi connectivity index (χ4n) is 4.82. The van der Waals surface area contributed by atoms with Gasteiger partial charge in [0.25, 0.3) is 0 Å². The zero-order valence-corrected chi connectivity index (χ0v) is 21.4. The first-order valence-corrected chi connectivity index (χ1v) is 13.6. The zero-order valence-electron chi connectivity index (χ0n) is 21.4. The minimum Gasteiger partial charge on any atom is -0.480 e. The lowest BCUT2D eigenvalue weighted by molar-refractivity contribution is -0.140. The molecule has 6 rings (SSSR count). The number of aliphatic carboxylic acids is 2. The zero-order chi connectivity index (χ0) is 25.6. The van der Waals surface area contributed by atoms with Gasteiger partial charge >= 0.3 is 11.9 Å². The van der Waals surface area contributed by atoms with Crippen LogP contribution in [0.2, 0.25) is 0 Å². The van der Waals surface area contributed by atoms with Crippen molar-refractivity contribution in [3.8, 4) is 0 Å². The molecule has 196 valence electrons. The van der Waals surface area contributed by atoms with Crippen LogP contribution >= 0.6 is 0 Å². The summed E-state index contributed by atoms with van der Waals surface area (Å²) in [6.07, 6.45) is 11.4. The lowest BCUT2D eigenvalue weighted by Gasteiger charge is -2.15. The van der Waals surface area contributed by atoms with Gasteiger partial charge in [0.2, 0.25) is 0 Å². The van der Waals surface area contributed by atoms with Crippen LogP contribution in [0.5, 0.6) is 0 Å². The number of nitrogens with one attached hydrogen (secondary N) is 2. The fourth-order valence-corrected chi connectivity index (χ4v) is 4.82. The maximum Gasteiger partial charge on any atom is 0.321 e. The number of carboxylic acids is 2. The first-order chi connectivity index (χ1) is 17.5. The van der Waals surface area contributed by atoms with Gasteiger partial charge in [0.05, 0.1) is 0 Å². The van der Waals surface area contributed by atoms with Gasteiger partial charge < -0.3 is 20.8 Å². The molecule has 2 aromatic rings. The van der Waals surface area contributed by atoms with E-state index in [0.29, 0.717) is 25.9 Å². The Balaban J connectivity index is 1.57. The van der Waals surface area contributed by atoms with Gasteiger partial charge in [-0.05, 0) is 86.7 Å². The Morgan fingerprint density at radius 2 is 0.861 bits per heavy atom. The van der Waals surface area contributed by atoms with Crippen LogP contribution in [0.1, 0.15) is 73.6 Å². The molecule has 2 atom stereocenters. The standard InChI is InChI=1S/C30H42N2O4/c33-29(34)27-21-26-17-13-24(14-18-26)10-6-2-4-8-20-32-28(30(35)36)22-25-15-11-23(12-16-25)9-5-1-3-7-19-31-27/h11-18,27-28,31-32H,1-10,19-22H2,(H,33,34)(H,35,36)/t27-,28+. The number of carbonyl (C=O) groups is 2. The smallest absolute Gasteiger partial charge is 0.321 e. The van der Waals surface area contributed by atoms with Gasteiger partial charge in [-0.2, -0.15) is 0 Å². The van der Waals surface area contributed by atoms with Gasteiger partial charge in [0.1, 0.15) is 12.1 Å². The monoisotopic (exact) mass is 494 g/mol. The SMILES string of the molecule is O=C(O)[C@@H]1Cc2ccc(cc2)CCCCCCN[C@@H](C(=O)O)Cc2ccc(cc2)CCCCCCN1. The minimum atomic E-state index is -0.792. The summed E-state index contributed by atoms with van der Waals surface area (Å²) in [5.41, 5.74) is 4.64. The molecule has 0 amide bonds. The first kappa shape index (κ1) is 27.9. The Morgan fingerprint density at radius 1 is 0.528 bits per heavy atom. The minimum absolute atomic E-state index is 0.496. The Kier molecular flexibility index (Phi) is 11.9. The first-order valence-electron chi connectivity index (χ1n) is 13.6. The van der Waals surface area contributed by atoms with Crippen LogP contribution in [-0.4, -0.2) is 47.3 Å². The third kappa shape index (κ3) is 10.1. The topological polar surface area (TPSA) is 98.7 Å². The van der Waals surface area contributed by atoms with Gasteiger partial charge in [0, 0.05) is 0 Å². The van der Waals surface area contributed by atoms with E-state index in [1.54, 1.807) is 0 Å². The molecule has 0 saturated carbocycles. The molecule has 4 heterocycles. The average molecular weight is 495 g/mol. The number of rotatable bonds is 2. The molecule has 0 unspecified atom stereocenters. The lowest BCUT2D eigenvalue weighted by atomic mass is 10.00. The number of hydrogen-bond acceptors (Lipinski definition) is 4. The summed E-state index contributed by atoms with van der Waals surface area (Å²) in [4.78, 5) is 23.5. The van der Waals surface area contributed by atoms with Crippen molar-refractivity contribution >= 4 is 11.9 Å². The van der Waals surface area contributed by atoms with Crippen molar-refractivity contribution in [3.05, 3.63) is 70.8 Å². The molecule has 2 aromatic carbocycles. The quantitative estimate of drug-likeness (QED) is 0.480. The largest absolute Gasteiger partial charge is 0.480 e. The Labute approximate surface area is 215 Å². The molecule has 0 radical (unpaired) electrons. The van der Waals surface area contributed by atoms with Crippen molar-refractivity contribution in [3.63, 3.8) is 0 Å². The van der Waals surface area contributed by atoms with E-state index < -0.39 is 24.0 Å². The maximum absolute atomic E-state index is 11.7. The van der Waals surface area contributed by atoms with Crippen LogP contribution in [-0.2, 0) is 35.3 Å². The second kappa shape index (κ2) is 15.4. The highest BCUT2D eigenvalue weighted by atomic mass is 16.4. The van der Waals surface area contributed by atoms with Crippen LogP contribution in [0.15, 0.2) is 48.5 Å². The predicted molar refractivity (Wildman–Crippen MR) is 143 cm³/mol. The fraction of sp³-hybridized carbons (Fsp3) is 0.533. The maximum atomic E-state index is 11.7. The molecule has 0 spiro atoms. The lowest BCUT2D eigenvalue weighted by Crippen LogP contribution is -2.39. The van der Waals surface area contributed by atoms with E-state index in [4.69, 9.17) is 0 Å². The summed E-state index contributed by atoms with van der Waals surface area (Å²) in [6.45, 7) is 1.42. The number of benzene rings is 2. The van der Waals surface area contributed by atoms with Crippen molar-refractivity contribution in [1.29, 1.82) is 0 Å². The van der Waals surface area contributed by atoms with E-state index in [1.165, 1.54) is 11.1 Å². The van der Waals surface area contributed by atoms with E-state index in [2.05, 4.69) is 59.2 Å². The van der Waals surface area contributed by atoms with Gasteiger partial charge in [-0.15, -0.1) is 0 Å². The van der Waals surface area contributed by atoms with Crippen molar-refractivity contribution in [2.24, 2.45) is 0 Å². The van der Waals surface area contributed by atoms with Gasteiger partial charge in [-0.25, -0.2) is 0 Å². The van der Waals surface area contributed by atoms with Crippen molar-refractivity contribution in [2.45, 2.75) is 89.1 Å². The van der Waals surface area contributed by atoms with E-state index in [1.807, 2.05) is 0 Å². The van der Waals surface area contributed by atoms with E-state index in [0.717, 1.165) is 75.3 Å². The summed E-state index contributed by atoms with van der Waals surface area (Å²) >= 11 is 0. The molecule has 4 aliphatic rings. The normalized spacial score (nSPS) is 21.7. The third-order valence-corrected chi connectivity index (χ3v) is 7.09. The highest BCUT2D eigenvalue weighted by Crippen LogP contribution is 2.14. The van der Waals surface area contributed by atoms with Crippen molar-refractivity contribution < 1.29 is 19.8 Å². The second-order valence-corrected chi connectivity index (χ2v) is 10.1.